The zero-order valence-electron chi connectivity index (χ0n) is 14.2. The molecule has 5 nitrogen and oxygen atoms in total. The number of aromatic nitrogens is 1. The van der Waals surface area contributed by atoms with E-state index >= 15 is 0 Å². The van der Waals surface area contributed by atoms with Gasteiger partial charge in [-0.2, -0.15) is 0 Å². The largest absolute Gasteiger partial charge is 0.387 e. The third-order valence-electron chi connectivity index (χ3n) is 5.59. The maximum Gasteiger partial charge on any atom is 0.231 e. The van der Waals surface area contributed by atoms with E-state index in [1.54, 1.807) is 12.4 Å². The molecular formula is C20H23N3O2. The van der Waals surface area contributed by atoms with E-state index in [1.165, 1.54) is 5.56 Å². The molecule has 2 aliphatic rings. The molecule has 2 aliphatic heterocycles. The van der Waals surface area contributed by atoms with E-state index in [2.05, 4.69) is 21.3 Å². The third-order valence-corrected chi connectivity index (χ3v) is 5.59. The highest BCUT2D eigenvalue weighted by Gasteiger charge is 2.44. The second kappa shape index (κ2) is 6.58. The van der Waals surface area contributed by atoms with Crippen molar-refractivity contribution < 1.29 is 9.90 Å². The number of para-hydroxylation sites is 1. The lowest BCUT2D eigenvalue weighted by molar-refractivity contribution is -0.129. The minimum absolute atomic E-state index is 0.152. The van der Waals surface area contributed by atoms with Crippen LogP contribution in [-0.2, 0) is 11.2 Å². The minimum Gasteiger partial charge on any atom is -0.387 e. The Morgan fingerprint density at radius 2 is 2.00 bits per heavy atom. The molecule has 1 aromatic heterocycles. The SMILES string of the molecule is O=C1Nc2ccccc2CC12CCN(CC(O)c1cccnc1)CC2. The van der Waals surface area contributed by atoms with Gasteiger partial charge in [0.25, 0.3) is 0 Å². The van der Waals surface area contributed by atoms with Crippen LogP contribution >= 0.6 is 0 Å². The zero-order chi connectivity index (χ0) is 17.3. The monoisotopic (exact) mass is 337 g/mol. The molecule has 1 saturated heterocycles. The van der Waals surface area contributed by atoms with Gasteiger partial charge in [-0.05, 0) is 50.0 Å². The number of fused-ring (bicyclic) bond motifs is 1. The van der Waals surface area contributed by atoms with E-state index in [1.807, 2.05) is 30.3 Å². The number of anilines is 1. The van der Waals surface area contributed by atoms with Gasteiger partial charge in [-0.1, -0.05) is 24.3 Å². The highest BCUT2D eigenvalue weighted by atomic mass is 16.3. The molecule has 1 fully saturated rings. The molecule has 1 aromatic carbocycles. The lowest BCUT2D eigenvalue weighted by Gasteiger charge is -2.43. The third kappa shape index (κ3) is 3.17. The van der Waals surface area contributed by atoms with Crippen LogP contribution in [0.4, 0.5) is 5.69 Å². The van der Waals surface area contributed by atoms with Crippen molar-refractivity contribution in [2.24, 2.45) is 5.41 Å². The number of rotatable bonds is 3. The van der Waals surface area contributed by atoms with Crippen LogP contribution in [0.5, 0.6) is 0 Å². The summed E-state index contributed by atoms with van der Waals surface area (Å²) in [6.45, 7) is 2.24. The molecule has 1 spiro atoms. The number of nitrogens with one attached hydrogen (secondary N) is 1. The summed E-state index contributed by atoms with van der Waals surface area (Å²) in [7, 11) is 0. The Morgan fingerprint density at radius 1 is 1.20 bits per heavy atom. The number of pyridine rings is 1. The fraction of sp³-hybridized carbons (Fsp3) is 0.400. The van der Waals surface area contributed by atoms with E-state index in [4.69, 9.17) is 0 Å². The Morgan fingerprint density at radius 3 is 2.76 bits per heavy atom. The molecule has 2 N–H and O–H groups in total. The molecule has 0 saturated carbocycles. The number of β-amino-alcohol motifs (C(OH)–C–C–N with tert-alkyl or cyclic N) is 1. The molecule has 4 rings (SSSR count). The number of aliphatic hydroxyl groups is 1. The van der Waals surface area contributed by atoms with Gasteiger partial charge in [0.05, 0.1) is 11.5 Å². The summed E-state index contributed by atoms with van der Waals surface area (Å²) < 4.78 is 0. The average Bonchev–Trinajstić information content (AvgIpc) is 2.65. The van der Waals surface area contributed by atoms with Gasteiger partial charge in [0.15, 0.2) is 0 Å². The van der Waals surface area contributed by atoms with E-state index in [0.29, 0.717) is 6.54 Å². The van der Waals surface area contributed by atoms with Crippen molar-refractivity contribution in [3.05, 3.63) is 59.9 Å². The Labute approximate surface area is 147 Å². The number of nitrogens with zero attached hydrogens (tertiary/aromatic N) is 2. The van der Waals surface area contributed by atoms with Crippen LogP contribution in [0.15, 0.2) is 48.8 Å². The number of likely N-dealkylation sites (tertiary alicyclic amines) is 1. The lowest BCUT2D eigenvalue weighted by Crippen LogP contribution is -2.50. The van der Waals surface area contributed by atoms with E-state index < -0.39 is 6.10 Å². The average molecular weight is 337 g/mol. The smallest absolute Gasteiger partial charge is 0.231 e. The molecule has 0 aliphatic carbocycles. The summed E-state index contributed by atoms with van der Waals surface area (Å²) in [6, 6.07) is 11.8. The number of amides is 1. The Kier molecular flexibility index (Phi) is 4.27. The maximum atomic E-state index is 12.7. The molecular weight excluding hydrogens is 314 g/mol. The van der Waals surface area contributed by atoms with Crippen molar-refractivity contribution in [1.29, 1.82) is 0 Å². The molecule has 0 bridgehead atoms. The van der Waals surface area contributed by atoms with Crippen LogP contribution in [0, 0.1) is 5.41 Å². The Balaban J connectivity index is 1.41. The maximum absolute atomic E-state index is 12.7. The number of benzene rings is 1. The first-order valence-electron chi connectivity index (χ1n) is 8.86. The number of carbonyl (C=O) groups excluding carboxylic acids is 1. The highest BCUT2D eigenvalue weighted by Crippen LogP contribution is 2.41. The fourth-order valence-corrected chi connectivity index (χ4v) is 3.99. The summed E-state index contributed by atoms with van der Waals surface area (Å²) in [5.41, 5.74) is 2.72. The molecule has 2 aromatic rings. The van der Waals surface area contributed by atoms with Gasteiger partial charge in [0.1, 0.15) is 0 Å². The van der Waals surface area contributed by atoms with Crippen molar-refractivity contribution >= 4 is 11.6 Å². The first-order valence-corrected chi connectivity index (χ1v) is 8.86. The van der Waals surface area contributed by atoms with Crippen molar-refractivity contribution in [2.75, 3.05) is 25.0 Å². The quantitative estimate of drug-likeness (QED) is 0.903. The van der Waals surface area contributed by atoms with Crippen LogP contribution < -0.4 is 5.32 Å². The molecule has 5 heteroatoms. The highest BCUT2D eigenvalue weighted by molar-refractivity contribution is 5.98. The molecule has 1 amide bonds. The predicted molar refractivity (Wildman–Crippen MR) is 96.1 cm³/mol. The van der Waals surface area contributed by atoms with Crippen molar-refractivity contribution in [2.45, 2.75) is 25.4 Å². The van der Waals surface area contributed by atoms with Gasteiger partial charge >= 0.3 is 0 Å². The molecule has 130 valence electrons. The molecule has 3 heterocycles. The first kappa shape index (κ1) is 16.2. The zero-order valence-corrected chi connectivity index (χ0v) is 14.2. The van der Waals surface area contributed by atoms with Crippen molar-refractivity contribution in [3.63, 3.8) is 0 Å². The van der Waals surface area contributed by atoms with E-state index in [0.717, 1.165) is 43.6 Å². The number of hydrogen-bond donors (Lipinski definition) is 2. The van der Waals surface area contributed by atoms with Gasteiger partial charge in [0.2, 0.25) is 5.91 Å². The van der Waals surface area contributed by atoms with Crippen LogP contribution in [0.25, 0.3) is 0 Å². The van der Waals surface area contributed by atoms with E-state index in [-0.39, 0.29) is 11.3 Å². The van der Waals surface area contributed by atoms with Crippen LogP contribution in [0.3, 0.4) is 0 Å². The van der Waals surface area contributed by atoms with Crippen LogP contribution in [0.1, 0.15) is 30.1 Å². The second-order valence-corrected chi connectivity index (χ2v) is 7.17. The summed E-state index contributed by atoms with van der Waals surface area (Å²) in [6.07, 6.45) is 5.35. The van der Waals surface area contributed by atoms with Gasteiger partial charge in [-0.15, -0.1) is 0 Å². The Bertz CT molecular complexity index is 755. The number of hydrogen-bond acceptors (Lipinski definition) is 4. The second-order valence-electron chi connectivity index (χ2n) is 7.17. The predicted octanol–water partition coefficient (Wildman–Crippen LogP) is 2.39. The standard InChI is InChI=1S/C20H23N3O2/c24-18(16-5-3-9-21-13-16)14-23-10-7-20(8-11-23)12-15-4-1-2-6-17(15)22-19(20)25/h1-6,9,13,18,24H,7-8,10-12,14H2,(H,22,25). The lowest BCUT2D eigenvalue weighted by atomic mass is 9.71. The number of carbonyl (C=O) groups is 1. The minimum atomic E-state index is -0.538. The normalized spacial score (nSPS) is 20.8. The molecule has 25 heavy (non-hydrogen) atoms. The van der Waals surface area contributed by atoms with Crippen molar-refractivity contribution in [1.82, 2.24) is 9.88 Å². The Hall–Kier alpha value is -2.24. The molecule has 1 atom stereocenters. The molecule has 0 radical (unpaired) electrons. The van der Waals surface area contributed by atoms with Crippen molar-refractivity contribution in [3.8, 4) is 0 Å². The number of piperidine rings is 1. The summed E-state index contributed by atoms with van der Waals surface area (Å²) in [4.78, 5) is 19.0. The first-order chi connectivity index (χ1) is 12.2. The van der Waals surface area contributed by atoms with Gasteiger partial charge in [0, 0.05) is 30.2 Å². The summed E-state index contributed by atoms with van der Waals surface area (Å²) in [5.74, 6) is 0.152. The van der Waals surface area contributed by atoms with Crippen LogP contribution in [-0.4, -0.2) is 40.5 Å². The van der Waals surface area contributed by atoms with Gasteiger partial charge in [-0.25, -0.2) is 0 Å². The van der Waals surface area contributed by atoms with Crippen LogP contribution in [0.2, 0.25) is 0 Å². The summed E-state index contributed by atoms with van der Waals surface area (Å²) >= 11 is 0. The summed E-state index contributed by atoms with van der Waals surface area (Å²) in [5, 5.41) is 13.5. The van der Waals surface area contributed by atoms with E-state index in [9.17, 15) is 9.90 Å². The topological polar surface area (TPSA) is 65.5 Å². The number of aliphatic hydroxyl groups excluding tert-OH is 1. The van der Waals surface area contributed by atoms with Gasteiger partial charge < -0.3 is 15.3 Å². The fourth-order valence-electron chi connectivity index (χ4n) is 3.99. The molecule has 1 unspecified atom stereocenters. The van der Waals surface area contributed by atoms with Gasteiger partial charge in [-0.3, -0.25) is 9.78 Å².